The van der Waals surface area contributed by atoms with Crippen LogP contribution in [0.2, 0.25) is 0 Å². The van der Waals surface area contributed by atoms with Crippen molar-refractivity contribution in [1.82, 2.24) is 9.21 Å². The van der Waals surface area contributed by atoms with Gasteiger partial charge in [0.25, 0.3) is 0 Å². The number of sulfonamides is 1. The SMILES string of the molecule is COC(=O)C1CCN(C(=O)CCc2ccc(S(=O)(=O)N3CCCC3)cc2)CC1. The lowest BCUT2D eigenvalue weighted by Gasteiger charge is -2.30. The topological polar surface area (TPSA) is 84.0 Å². The van der Waals surface area contributed by atoms with Crippen LogP contribution in [-0.2, 0) is 30.8 Å². The van der Waals surface area contributed by atoms with Crippen LogP contribution >= 0.6 is 0 Å². The Hall–Kier alpha value is -1.93. The summed E-state index contributed by atoms with van der Waals surface area (Å²) < 4.78 is 31.4. The molecule has 2 saturated heterocycles. The summed E-state index contributed by atoms with van der Waals surface area (Å²) in [7, 11) is -2.01. The van der Waals surface area contributed by atoms with Gasteiger partial charge in [0.1, 0.15) is 0 Å². The molecule has 0 aromatic heterocycles. The summed E-state index contributed by atoms with van der Waals surface area (Å²) in [4.78, 5) is 26.1. The maximum Gasteiger partial charge on any atom is 0.308 e. The van der Waals surface area contributed by atoms with Crippen molar-refractivity contribution in [3.8, 4) is 0 Å². The molecule has 0 saturated carbocycles. The summed E-state index contributed by atoms with van der Waals surface area (Å²) in [6, 6.07) is 6.85. The molecule has 28 heavy (non-hydrogen) atoms. The Kier molecular flexibility index (Phi) is 6.72. The van der Waals surface area contributed by atoms with Crippen molar-refractivity contribution in [3.05, 3.63) is 29.8 Å². The molecule has 3 rings (SSSR count). The highest BCUT2D eigenvalue weighted by atomic mass is 32.2. The first kappa shape index (κ1) is 20.8. The minimum absolute atomic E-state index is 0.0667. The minimum atomic E-state index is -3.40. The maximum atomic E-state index is 12.5. The number of likely N-dealkylation sites (tertiary alicyclic amines) is 1. The molecule has 154 valence electrons. The van der Waals surface area contributed by atoms with Crippen molar-refractivity contribution < 1.29 is 22.7 Å². The Bertz CT molecular complexity index is 792. The highest BCUT2D eigenvalue weighted by molar-refractivity contribution is 7.89. The Morgan fingerprint density at radius 1 is 1.04 bits per heavy atom. The molecule has 2 aliphatic heterocycles. The molecule has 0 spiro atoms. The monoisotopic (exact) mass is 408 g/mol. The van der Waals surface area contributed by atoms with Crippen LogP contribution in [0.1, 0.15) is 37.7 Å². The number of piperidine rings is 1. The third kappa shape index (κ3) is 4.72. The molecular weight excluding hydrogens is 380 g/mol. The number of benzene rings is 1. The molecule has 8 heteroatoms. The van der Waals surface area contributed by atoms with Gasteiger partial charge >= 0.3 is 5.97 Å². The molecule has 1 aromatic carbocycles. The summed E-state index contributed by atoms with van der Waals surface area (Å²) in [5.74, 6) is -0.243. The van der Waals surface area contributed by atoms with E-state index in [1.54, 1.807) is 29.2 Å². The zero-order valence-corrected chi connectivity index (χ0v) is 17.1. The van der Waals surface area contributed by atoms with Crippen LogP contribution in [0.15, 0.2) is 29.2 Å². The van der Waals surface area contributed by atoms with Gasteiger partial charge in [-0.15, -0.1) is 0 Å². The molecule has 1 aromatic rings. The van der Waals surface area contributed by atoms with E-state index in [1.807, 2.05) is 0 Å². The smallest absolute Gasteiger partial charge is 0.308 e. The van der Waals surface area contributed by atoms with E-state index in [9.17, 15) is 18.0 Å². The molecule has 7 nitrogen and oxygen atoms in total. The molecule has 2 heterocycles. The first-order valence-electron chi connectivity index (χ1n) is 9.86. The summed E-state index contributed by atoms with van der Waals surface area (Å²) in [6.07, 6.45) is 4.05. The molecule has 2 fully saturated rings. The van der Waals surface area contributed by atoms with E-state index in [2.05, 4.69) is 0 Å². The Labute approximate surface area is 166 Å². The summed E-state index contributed by atoms with van der Waals surface area (Å²) in [5, 5.41) is 0. The number of hydrogen-bond donors (Lipinski definition) is 0. The van der Waals surface area contributed by atoms with Crippen LogP contribution in [0.4, 0.5) is 0 Å². The predicted octanol–water partition coefficient (Wildman–Crippen LogP) is 1.82. The van der Waals surface area contributed by atoms with Gasteiger partial charge in [-0.05, 0) is 49.8 Å². The molecule has 1 amide bonds. The first-order valence-corrected chi connectivity index (χ1v) is 11.3. The fourth-order valence-electron chi connectivity index (χ4n) is 3.85. The number of esters is 1. The molecule has 0 aliphatic carbocycles. The molecule has 2 aliphatic rings. The Balaban J connectivity index is 1.50. The van der Waals surface area contributed by atoms with Crippen LogP contribution in [0.5, 0.6) is 0 Å². The number of nitrogens with zero attached hydrogens (tertiary/aromatic N) is 2. The number of carbonyl (C=O) groups excluding carboxylic acids is 2. The number of carbonyl (C=O) groups is 2. The van der Waals surface area contributed by atoms with Crippen molar-refractivity contribution in [3.63, 3.8) is 0 Å². The van der Waals surface area contributed by atoms with Crippen molar-refractivity contribution in [2.45, 2.75) is 43.4 Å². The number of ether oxygens (including phenoxy) is 1. The average molecular weight is 409 g/mol. The fraction of sp³-hybridized carbons (Fsp3) is 0.600. The first-order chi connectivity index (χ1) is 13.4. The standard InChI is InChI=1S/C20H28N2O5S/c1-27-20(24)17-10-14-21(15-11-17)19(23)9-6-16-4-7-18(8-5-16)28(25,26)22-12-2-3-13-22/h4-5,7-8,17H,2-3,6,9-15H2,1H3. The Morgan fingerprint density at radius 3 is 2.21 bits per heavy atom. The van der Waals surface area contributed by atoms with Crippen LogP contribution < -0.4 is 0 Å². The van der Waals surface area contributed by atoms with Crippen molar-refractivity contribution in [1.29, 1.82) is 0 Å². The van der Waals surface area contributed by atoms with E-state index >= 15 is 0 Å². The van der Waals surface area contributed by atoms with E-state index < -0.39 is 10.0 Å². The molecular formula is C20H28N2O5S. The summed E-state index contributed by atoms with van der Waals surface area (Å²) in [5.41, 5.74) is 0.943. The maximum absolute atomic E-state index is 12.5. The summed E-state index contributed by atoms with van der Waals surface area (Å²) >= 11 is 0. The number of amides is 1. The third-order valence-electron chi connectivity index (χ3n) is 5.64. The highest BCUT2D eigenvalue weighted by Crippen LogP contribution is 2.22. The van der Waals surface area contributed by atoms with E-state index in [-0.39, 0.29) is 17.8 Å². The van der Waals surface area contributed by atoms with Gasteiger partial charge in [0.05, 0.1) is 17.9 Å². The molecule has 0 atom stereocenters. The summed E-state index contributed by atoms with van der Waals surface area (Å²) in [6.45, 7) is 2.33. The van der Waals surface area contributed by atoms with Gasteiger partial charge in [-0.1, -0.05) is 12.1 Å². The molecule has 0 N–H and O–H groups in total. The van der Waals surface area contributed by atoms with Crippen molar-refractivity contribution in [2.24, 2.45) is 5.92 Å². The van der Waals surface area contributed by atoms with Crippen LogP contribution in [-0.4, -0.2) is 62.8 Å². The molecule has 0 radical (unpaired) electrons. The van der Waals surface area contributed by atoms with E-state index in [0.717, 1.165) is 18.4 Å². The van der Waals surface area contributed by atoms with Crippen molar-refractivity contribution >= 4 is 21.9 Å². The Morgan fingerprint density at radius 2 is 1.64 bits per heavy atom. The van der Waals surface area contributed by atoms with Crippen LogP contribution in [0.3, 0.4) is 0 Å². The lowest BCUT2D eigenvalue weighted by atomic mass is 9.96. The predicted molar refractivity (Wildman–Crippen MR) is 104 cm³/mol. The van der Waals surface area contributed by atoms with Gasteiger partial charge in [-0.25, -0.2) is 8.42 Å². The second-order valence-corrected chi connectivity index (χ2v) is 9.37. The molecule has 0 bridgehead atoms. The molecule has 0 unspecified atom stereocenters. The van der Waals surface area contributed by atoms with Gasteiger partial charge in [-0.3, -0.25) is 9.59 Å². The van der Waals surface area contributed by atoms with E-state index in [0.29, 0.717) is 56.8 Å². The zero-order valence-electron chi connectivity index (χ0n) is 16.3. The average Bonchev–Trinajstić information content (AvgIpc) is 3.27. The van der Waals surface area contributed by atoms with Crippen LogP contribution in [0.25, 0.3) is 0 Å². The van der Waals surface area contributed by atoms with Gasteiger partial charge < -0.3 is 9.64 Å². The van der Waals surface area contributed by atoms with Gasteiger partial charge in [0, 0.05) is 32.6 Å². The number of hydrogen-bond acceptors (Lipinski definition) is 5. The normalized spacial score (nSPS) is 19.0. The van der Waals surface area contributed by atoms with Crippen LogP contribution in [0, 0.1) is 5.92 Å². The fourth-order valence-corrected chi connectivity index (χ4v) is 5.36. The van der Waals surface area contributed by atoms with Crippen molar-refractivity contribution in [2.75, 3.05) is 33.3 Å². The lowest BCUT2D eigenvalue weighted by molar-refractivity contribution is -0.148. The quantitative estimate of drug-likeness (QED) is 0.671. The minimum Gasteiger partial charge on any atom is -0.469 e. The third-order valence-corrected chi connectivity index (χ3v) is 7.55. The second kappa shape index (κ2) is 9.05. The lowest BCUT2D eigenvalue weighted by Crippen LogP contribution is -2.40. The number of rotatable bonds is 6. The van der Waals surface area contributed by atoms with Gasteiger partial charge in [0.2, 0.25) is 15.9 Å². The van der Waals surface area contributed by atoms with E-state index in [1.165, 1.54) is 11.4 Å². The number of methoxy groups -OCH3 is 1. The van der Waals surface area contributed by atoms with Gasteiger partial charge in [-0.2, -0.15) is 4.31 Å². The largest absolute Gasteiger partial charge is 0.469 e. The zero-order chi connectivity index (χ0) is 20.1. The number of aryl methyl sites for hydroxylation is 1. The van der Waals surface area contributed by atoms with Gasteiger partial charge in [0.15, 0.2) is 0 Å². The second-order valence-electron chi connectivity index (χ2n) is 7.43. The van der Waals surface area contributed by atoms with E-state index in [4.69, 9.17) is 4.74 Å². The highest BCUT2D eigenvalue weighted by Gasteiger charge is 2.28.